The predicted molar refractivity (Wildman–Crippen MR) is 139 cm³/mol. The van der Waals surface area contributed by atoms with E-state index < -0.39 is 11.2 Å². The third kappa shape index (κ3) is 4.85. The number of hydrogen-bond donors (Lipinski definition) is 0. The minimum Gasteiger partial charge on any atom is -0.341 e. The normalized spacial score (nSPS) is 16.4. The first-order valence-corrected chi connectivity index (χ1v) is 12.7. The molecule has 0 spiro atoms. The second kappa shape index (κ2) is 10.2. The van der Waals surface area contributed by atoms with Gasteiger partial charge in [0, 0.05) is 51.3 Å². The molecule has 0 radical (unpaired) electrons. The number of amides is 2. The van der Waals surface area contributed by atoms with Crippen LogP contribution in [-0.4, -0.2) is 61.4 Å². The van der Waals surface area contributed by atoms with Crippen molar-refractivity contribution >= 4 is 11.8 Å². The van der Waals surface area contributed by atoms with Crippen molar-refractivity contribution in [3.05, 3.63) is 86.5 Å². The largest absolute Gasteiger partial charge is 0.341 e. The van der Waals surface area contributed by atoms with Crippen LogP contribution in [0, 0.1) is 6.92 Å². The number of carbonyl (C=O) groups excluding carboxylic acids is 2. The van der Waals surface area contributed by atoms with Crippen molar-refractivity contribution in [2.24, 2.45) is 7.05 Å². The Morgan fingerprint density at radius 1 is 1.00 bits per heavy atom. The number of rotatable bonds is 4. The standard InChI is InChI=1S/C28H31N5O4/c1-19-16-29-11-7-23(19)24-17-32(28(37)30(2)27(24)36)18-26(35)31-12-9-22(10-13-31)33-14-8-20-5-3-4-6-21(20)15-25(33)34/h3-7,11,16-17,22H,8-10,12-15,18H2,1-2H3. The second-order valence-electron chi connectivity index (χ2n) is 9.90. The Kier molecular flexibility index (Phi) is 6.78. The number of aromatic nitrogens is 3. The first-order valence-electron chi connectivity index (χ1n) is 12.7. The first kappa shape index (κ1) is 24.7. The molecule has 1 aromatic carbocycles. The molecule has 2 aliphatic rings. The highest BCUT2D eigenvalue weighted by atomic mass is 16.2. The van der Waals surface area contributed by atoms with Gasteiger partial charge in [-0.05, 0) is 54.5 Å². The Balaban J connectivity index is 1.27. The number of hydrogen-bond acceptors (Lipinski definition) is 5. The van der Waals surface area contributed by atoms with Crippen LogP contribution in [-0.2, 0) is 36.0 Å². The third-order valence-electron chi connectivity index (χ3n) is 7.63. The summed E-state index contributed by atoms with van der Waals surface area (Å²) in [5, 5.41) is 0. The maximum atomic E-state index is 13.2. The number of carbonyl (C=O) groups is 2. The van der Waals surface area contributed by atoms with Crippen LogP contribution in [0.15, 0.2) is 58.5 Å². The lowest BCUT2D eigenvalue weighted by Crippen LogP contribution is -2.50. The second-order valence-corrected chi connectivity index (χ2v) is 9.90. The molecule has 0 atom stereocenters. The molecule has 3 aromatic rings. The molecule has 5 rings (SSSR count). The van der Waals surface area contributed by atoms with E-state index >= 15 is 0 Å². The van der Waals surface area contributed by atoms with E-state index in [1.54, 1.807) is 23.4 Å². The minimum atomic E-state index is -0.529. The summed E-state index contributed by atoms with van der Waals surface area (Å²) in [6, 6.07) is 9.95. The van der Waals surface area contributed by atoms with Crippen molar-refractivity contribution in [2.45, 2.75) is 45.2 Å². The minimum absolute atomic E-state index is 0.104. The lowest BCUT2D eigenvalue weighted by Gasteiger charge is -2.38. The van der Waals surface area contributed by atoms with Gasteiger partial charge in [-0.15, -0.1) is 0 Å². The van der Waals surface area contributed by atoms with Crippen molar-refractivity contribution in [1.82, 2.24) is 23.9 Å². The fourth-order valence-corrected chi connectivity index (χ4v) is 5.46. The van der Waals surface area contributed by atoms with E-state index in [1.807, 2.05) is 30.0 Å². The van der Waals surface area contributed by atoms with E-state index in [0.717, 1.165) is 22.1 Å². The number of benzene rings is 1. The lowest BCUT2D eigenvalue weighted by molar-refractivity contribution is -0.136. The van der Waals surface area contributed by atoms with Crippen LogP contribution in [0.4, 0.5) is 0 Å². The highest BCUT2D eigenvalue weighted by molar-refractivity contribution is 5.80. The molecule has 37 heavy (non-hydrogen) atoms. The molecule has 2 aromatic heterocycles. The fraction of sp³-hybridized carbons (Fsp3) is 0.393. The van der Waals surface area contributed by atoms with Crippen molar-refractivity contribution in [3.63, 3.8) is 0 Å². The SMILES string of the molecule is Cc1cnccc1-c1cn(CC(=O)N2CCC(N3CCc4ccccc4CC3=O)CC2)c(=O)n(C)c1=O. The molecule has 1 fully saturated rings. The van der Waals surface area contributed by atoms with Gasteiger partial charge in [-0.3, -0.25) is 28.5 Å². The average Bonchev–Trinajstić information content (AvgIpc) is 3.07. The summed E-state index contributed by atoms with van der Waals surface area (Å²) in [7, 11) is 1.42. The highest BCUT2D eigenvalue weighted by Crippen LogP contribution is 2.23. The number of likely N-dealkylation sites (tertiary alicyclic amines) is 1. The maximum absolute atomic E-state index is 13.2. The molecule has 192 valence electrons. The number of aryl methyl sites for hydroxylation is 1. The summed E-state index contributed by atoms with van der Waals surface area (Å²) in [5.74, 6) is -0.0309. The zero-order chi connectivity index (χ0) is 26.1. The number of nitrogens with zero attached hydrogens (tertiary/aromatic N) is 5. The van der Waals surface area contributed by atoms with Crippen LogP contribution in [0.2, 0.25) is 0 Å². The van der Waals surface area contributed by atoms with E-state index in [0.29, 0.717) is 50.0 Å². The number of piperidine rings is 1. The number of pyridine rings is 1. The van der Waals surface area contributed by atoms with Gasteiger partial charge in [0.25, 0.3) is 5.56 Å². The van der Waals surface area contributed by atoms with Crippen LogP contribution >= 0.6 is 0 Å². The van der Waals surface area contributed by atoms with Crippen LogP contribution in [0.3, 0.4) is 0 Å². The van der Waals surface area contributed by atoms with Gasteiger partial charge < -0.3 is 9.80 Å². The lowest BCUT2D eigenvalue weighted by atomic mass is 10.0. The Bertz CT molecular complexity index is 1470. The summed E-state index contributed by atoms with van der Waals surface area (Å²) in [6.07, 6.45) is 7.41. The van der Waals surface area contributed by atoms with Crippen molar-refractivity contribution in [1.29, 1.82) is 0 Å². The number of fused-ring (bicyclic) bond motifs is 1. The maximum Gasteiger partial charge on any atom is 0.331 e. The molecular formula is C28H31N5O4. The molecule has 0 N–H and O–H groups in total. The van der Waals surface area contributed by atoms with Crippen molar-refractivity contribution in [3.8, 4) is 11.1 Å². The molecule has 0 aliphatic carbocycles. The summed E-state index contributed by atoms with van der Waals surface area (Å²) >= 11 is 0. The summed E-state index contributed by atoms with van der Waals surface area (Å²) < 4.78 is 2.35. The average molecular weight is 502 g/mol. The van der Waals surface area contributed by atoms with Gasteiger partial charge in [0.05, 0.1) is 12.0 Å². The topological polar surface area (TPSA) is 97.5 Å². The van der Waals surface area contributed by atoms with Crippen molar-refractivity contribution in [2.75, 3.05) is 19.6 Å². The van der Waals surface area contributed by atoms with Gasteiger partial charge in [-0.2, -0.15) is 0 Å². The smallest absolute Gasteiger partial charge is 0.331 e. The zero-order valence-corrected chi connectivity index (χ0v) is 21.2. The van der Waals surface area contributed by atoms with Gasteiger partial charge in [0.15, 0.2) is 0 Å². The van der Waals surface area contributed by atoms with Crippen molar-refractivity contribution < 1.29 is 9.59 Å². The fourth-order valence-electron chi connectivity index (χ4n) is 5.46. The first-order chi connectivity index (χ1) is 17.8. The molecule has 4 heterocycles. The Morgan fingerprint density at radius 3 is 2.46 bits per heavy atom. The van der Waals surface area contributed by atoms with E-state index in [9.17, 15) is 19.2 Å². The molecule has 2 amide bonds. The van der Waals surface area contributed by atoms with Gasteiger partial charge in [-0.1, -0.05) is 24.3 Å². The van der Waals surface area contributed by atoms with Gasteiger partial charge in [-0.25, -0.2) is 4.79 Å². The summed E-state index contributed by atoms with van der Waals surface area (Å²) in [5.41, 5.74) is 3.24. The van der Waals surface area contributed by atoms with E-state index in [2.05, 4.69) is 11.1 Å². The summed E-state index contributed by atoms with van der Waals surface area (Å²) in [6.45, 7) is 3.44. The highest BCUT2D eigenvalue weighted by Gasteiger charge is 2.31. The van der Waals surface area contributed by atoms with Crippen LogP contribution < -0.4 is 11.2 Å². The van der Waals surface area contributed by atoms with E-state index in [-0.39, 0.29) is 24.4 Å². The van der Waals surface area contributed by atoms with Gasteiger partial charge >= 0.3 is 5.69 Å². The van der Waals surface area contributed by atoms with E-state index in [1.165, 1.54) is 23.4 Å². The molecular weight excluding hydrogens is 470 g/mol. The molecule has 9 heteroatoms. The molecule has 0 bridgehead atoms. The predicted octanol–water partition coefficient (Wildman–Crippen LogP) is 1.54. The van der Waals surface area contributed by atoms with Gasteiger partial charge in [0.1, 0.15) is 6.54 Å². The third-order valence-corrected chi connectivity index (χ3v) is 7.63. The Hall–Kier alpha value is -4.01. The monoisotopic (exact) mass is 501 g/mol. The molecule has 2 aliphatic heterocycles. The van der Waals surface area contributed by atoms with Crippen LogP contribution in [0.1, 0.15) is 29.5 Å². The Labute approximate surface area is 215 Å². The summed E-state index contributed by atoms with van der Waals surface area (Å²) in [4.78, 5) is 59.5. The molecule has 1 saturated heterocycles. The molecule has 0 unspecified atom stereocenters. The Morgan fingerprint density at radius 2 is 1.73 bits per heavy atom. The molecule has 9 nitrogen and oxygen atoms in total. The van der Waals surface area contributed by atoms with Gasteiger partial charge in [0.2, 0.25) is 11.8 Å². The zero-order valence-electron chi connectivity index (χ0n) is 21.2. The quantitative estimate of drug-likeness (QED) is 0.540. The van der Waals surface area contributed by atoms with Crippen LogP contribution in [0.25, 0.3) is 11.1 Å². The van der Waals surface area contributed by atoms with E-state index in [4.69, 9.17) is 0 Å². The van der Waals surface area contributed by atoms with Crippen LogP contribution in [0.5, 0.6) is 0 Å². The molecule has 0 saturated carbocycles.